The van der Waals surface area contributed by atoms with Crippen LogP contribution in [0.2, 0.25) is 0 Å². The van der Waals surface area contributed by atoms with Gasteiger partial charge in [-0.15, -0.1) is 0 Å². The van der Waals surface area contributed by atoms with Crippen LogP contribution < -0.4 is 21.3 Å². The van der Waals surface area contributed by atoms with E-state index in [0.29, 0.717) is 39.5 Å². The van der Waals surface area contributed by atoms with E-state index in [9.17, 15) is 9.59 Å². The molecule has 0 spiro atoms. The van der Waals surface area contributed by atoms with E-state index in [-0.39, 0.29) is 0 Å². The Morgan fingerprint density at radius 3 is 1.13 bits per heavy atom. The van der Waals surface area contributed by atoms with Gasteiger partial charge in [0.25, 0.3) is 0 Å². The minimum absolute atomic E-state index is 0.435. The second-order valence-corrected chi connectivity index (χ2v) is 10.0. The SMILES string of the molecule is O=C(Nc1ccc(N=Nc2ccccc2)cc1)Nc1cccc2cccc(NC(=O)Nc3ccc(N=Nc4ccccc4)cc3)c12. The third kappa shape index (κ3) is 7.82. The molecule has 0 fully saturated rings. The molecule has 10 heteroatoms. The first-order valence-corrected chi connectivity index (χ1v) is 14.4. The summed E-state index contributed by atoms with van der Waals surface area (Å²) < 4.78 is 0. The molecule has 46 heavy (non-hydrogen) atoms. The van der Waals surface area contributed by atoms with Crippen LogP contribution in [0.5, 0.6) is 0 Å². The number of carbonyl (C=O) groups is 2. The molecule has 0 saturated heterocycles. The van der Waals surface area contributed by atoms with Gasteiger partial charge in [-0.3, -0.25) is 0 Å². The molecular formula is C36H28N8O2. The molecule has 0 aromatic heterocycles. The molecule has 4 amide bonds. The summed E-state index contributed by atoms with van der Waals surface area (Å²) in [5.41, 5.74) is 5.05. The van der Waals surface area contributed by atoms with Crippen molar-refractivity contribution in [2.45, 2.75) is 0 Å². The van der Waals surface area contributed by atoms with Crippen molar-refractivity contribution in [3.63, 3.8) is 0 Å². The molecule has 0 bridgehead atoms. The lowest BCUT2D eigenvalue weighted by atomic mass is 10.1. The first-order valence-electron chi connectivity index (χ1n) is 14.4. The number of benzene rings is 6. The maximum absolute atomic E-state index is 13.0. The monoisotopic (exact) mass is 604 g/mol. The fraction of sp³-hybridized carbons (Fsp3) is 0. The molecule has 6 aromatic carbocycles. The van der Waals surface area contributed by atoms with Crippen LogP contribution in [0.4, 0.5) is 55.1 Å². The van der Waals surface area contributed by atoms with Crippen LogP contribution in [0.1, 0.15) is 0 Å². The average Bonchev–Trinajstić information content (AvgIpc) is 3.09. The molecule has 0 heterocycles. The van der Waals surface area contributed by atoms with Gasteiger partial charge >= 0.3 is 12.1 Å². The Bertz CT molecular complexity index is 1870. The quantitative estimate of drug-likeness (QED) is 0.129. The van der Waals surface area contributed by atoms with Crippen LogP contribution in [0.15, 0.2) is 166 Å². The normalized spacial score (nSPS) is 11.0. The molecule has 6 aromatic rings. The average molecular weight is 605 g/mol. The maximum Gasteiger partial charge on any atom is 0.323 e. The van der Waals surface area contributed by atoms with E-state index in [0.717, 1.165) is 16.8 Å². The fourth-order valence-corrected chi connectivity index (χ4v) is 4.56. The van der Waals surface area contributed by atoms with Crippen LogP contribution in [-0.2, 0) is 0 Å². The third-order valence-electron chi connectivity index (χ3n) is 6.73. The lowest BCUT2D eigenvalue weighted by molar-refractivity contribution is 0.261. The van der Waals surface area contributed by atoms with Gasteiger partial charge in [0.1, 0.15) is 0 Å². The molecule has 10 nitrogen and oxygen atoms in total. The molecule has 0 unspecified atom stereocenters. The van der Waals surface area contributed by atoms with Gasteiger partial charge in [-0.2, -0.15) is 20.5 Å². The van der Waals surface area contributed by atoms with E-state index in [2.05, 4.69) is 41.7 Å². The Morgan fingerprint density at radius 1 is 0.370 bits per heavy atom. The van der Waals surface area contributed by atoms with Crippen molar-refractivity contribution in [2.75, 3.05) is 21.3 Å². The number of anilines is 4. The second-order valence-electron chi connectivity index (χ2n) is 10.0. The third-order valence-corrected chi connectivity index (χ3v) is 6.73. The number of amides is 4. The van der Waals surface area contributed by atoms with Crippen molar-refractivity contribution < 1.29 is 9.59 Å². The lowest BCUT2D eigenvalue weighted by Gasteiger charge is -2.15. The van der Waals surface area contributed by atoms with Crippen LogP contribution in [-0.4, -0.2) is 12.1 Å². The molecule has 0 aliphatic heterocycles. The topological polar surface area (TPSA) is 132 Å². The summed E-state index contributed by atoms with van der Waals surface area (Å²) in [7, 11) is 0. The van der Waals surface area contributed by atoms with Gasteiger partial charge in [-0.1, -0.05) is 60.7 Å². The summed E-state index contributed by atoms with van der Waals surface area (Å²) in [6, 6.07) is 43.1. The smallest absolute Gasteiger partial charge is 0.308 e. The summed E-state index contributed by atoms with van der Waals surface area (Å²) in [5.74, 6) is 0. The van der Waals surface area contributed by atoms with E-state index >= 15 is 0 Å². The van der Waals surface area contributed by atoms with E-state index in [4.69, 9.17) is 0 Å². The molecule has 6 rings (SSSR count). The number of hydrogen-bond acceptors (Lipinski definition) is 6. The first kappa shape index (κ1) is 29.4. The van der Waals surface area contributed by atoms with E-state index in [1.165, 1.54) is 0 Å². The highest BCUT2D eigenvalue weighted by Crippen LogP contribution is 2.31. The lowest BCUT2D eigenvalue weighted by Crippen LogP contribution is -2.21. The number of hydrogen-bond donors (Lipinski definition) is 4. The van der Waals surface area contributed by atoms with Gasteiger partial charge in [0.05, 0.1) is 34.1 Å². The molecule has 4 N–H and O–H groups in total. The van der Waals surface area contributed by atoms with Gasteiger partial charge in [0.15, 0.2) is 0 Å². The Hall–Kier alpha value is -6.68. The van der Waals surface area contributed by atoms with Gasteiger partial charge in [0.2, 0.25) is 0 Å². The molecule has 224 valence electrons. The summed E-state index contributed by atoms with van der Waals surface area (Å²) >= 11 is 0. The zero-order valence-electron chi connectivity index (χ0n) is 24.5. The van der Waals surface area contributed by atoms with Gasteiger partial charge in [-0.05, 0) is 90.3 Å². The predicted molar refractivity (Wildman–Crippen MR) is 183 cm³/mol. The summed E-state index contributed by atoms with van der Waals surface area (Å²) in [5, 5.41) is 29.9. The number of rotatable bonds is 8. The zero-order chi connectivity index (χ0) is 31.6. The van der Waals surface area contributed by atoms with Gasteiger partial charge < -0.3 is 21.3 Å². The van der Waals surface area contributed by atoms with Crippen LogP contribution >= 0.6 is 0 Å². The number of nitrogens with one attached hydrogen (secondary N) is 4. The molecule has 0 radical (unpaired) electrons. The summed E-state index contributed by atoms with van der Waals surface area (Å²) in [4.78, 5) is 25.9. The highest BCUT2D eigenvalue weighted by atomic mass is 16.2. The molecule has 0 atom stereocenters. The van der Waals surface area contributed by atoms with E-state index in [1.54, 1.807) is 60.7 Å². The van der Waals surface area contributed by atoms with E-state index < -0.39 is 12.1 Å². The largest absolute Gasteiger partial charge is 0.323 e. The summed E-state index contributed by atoms with van der Waals surface area (Å²) in [6.07, 6.45) is 0. The second kappa shape index (κ2) is 14.2. The number of fused-ring (bicyclic) bond motifs is 1. The Kier molecular flexibility index (Phi) is 9.07. The van der Waals surface area contributed by atoms with Crippen molar-refractivity contribution in [3.05, 3.63) is 146 Å². The van der Waals surface area contributed by atoms with Crippen molar-refractivity contribution in [1.82, 2.24) is 0 Å². The van der Waals surface area contributed by atoms with Gasteiger partial charge in [0, 0.05) is 16.8 Å². The molecule has 0 aliphatic carbocycles. The van der Waals surface area contributed by atoms with Crippen LogP contribution in [0.25, 0.3) is 10.8 Å². The van der Waals surface area contributed by atoms with Crippen molar-refractivity contribution >= 4 is 68.3 Å². The van der Waals surface area contributed by atoms with Crippen LogP contribution in [0, 0.1) is 0 Å². The highest BCUT2D eigenvalue weighted by Gasteiger charge is 2.12. The minimum atomic E-state index is -0.435. The molecule has 0 aliphatic rings. The molecule has 0 saturated carbocycles. The highest BCUT2D eigenvalue weighted by molar-refractivity contribution is 6.13. The number of urea groups is 2. The Morgan fingerprint density at radius 2 is 0.739 bits per heavy atom. The van der Waals surface area contributed by atoms with E-state index in [1.807, 2.05) is 84.9 Å². The number of azo groups is 2. The predicted octanol–water partition coefficient (Wildman–Crippen LogP) is 11.0. The maximum atomic E-state index is 13.0. The Labute approximate surface area is 264 Å². The van der Waals surface area contributed by atoms with Gasteiger partial charge in [-0.25, -0.2) is 9.59 Å². The summed E-state index contributed by atoms with van der Waals surface area (Å²) in [6.45, 7) is 0. The number of carbonyl (C=O) groups excluding carboxylic acids is 2. The first-order chi connectivity index (χ1) is 22.6. The number of nitrogens with zero attached hydrogens (tertiary/aromatic N) is 4. The Balaban J connectivity index is 1.09. The fourth-order valence-electron chi connectivity index (χ4n) is 4.56. The van der Waals surface area contributed by atoms with Crippen molar-refractivity contribution in [2.24, 2.45) is 20.5 Å². The van der Waals surface area contributed by atoms with Crippen molar-refractivity contribution in [1.29, 1.82) is 0 Å². The van der Waals surface area contributed by atoms with Crippen molar-refractivity contribution in [3.8, 4) is 0 Å². The molecular weight excluding hydrogens is 576 g/mol. The zero-order valence-corrected chi connectivity index (χ0v) is 24.5. The van der Waals surface area contributed by atoms with Crippen LogP contribution in [0.3, 0.4) is 0 Å². The minimum Gasteiger partial charge on any atom is -0.308 e. The standard InChI is InChI=1S/C36H28N8O2/c45-35(37-26-17-21-30(22-18-26)43-41-28-11-3-1-4-12-28)39-32-15-7-9-25-10-8-16-33(34(25)32)40-36(46)38-27-19-23-31(24-20-27)44-42-29-13-5-2-6-14-29/h1-24H,(H2,37,39,45)(H2,38,40,46).